The van der Waals surface area contributed by atoms with E-state index in [2.05, 4.69) is 30.5 Å². The van der Waals surface area contributed by atoms with Crippen molar-refractivity contribution in [2.75, 3.05) is 30.4 Å². The number of nitrogens with one attached hydrogen (secondary N) is 1. The van der Waals surface area contributed by atoms with Gasteiger partial charge in [-0.15, -0.1) is 0 Å². The van der Waals surface area contributed by atoms with Crippen molar-refractivity contribution in [3.63, 3.8) is 0 Å². The van der Waals surface area contributed by atoms with Crippen LogP contribution in [0.2, 0.25) is 0 Å². The molecule has 1 aliphatic heterocycles. The molecule has 94 valence electrons. The van der Waals surface area contributed by atoms with Crippen molar-refractivity contribution in [3.8, 4) is 11.4 Å². The Morgan fingerprint density at radius 1 is 1.22 bits per heavy atom. The zero-order valence-electron chi connectivity index (χ0n) is 10.3. The standard InChI is InChI=1S/C12H15N5S/c1-13-11-14-10(9-4-7-18-8-9)15-12(16-11)17-5-2-3-6-17/h4,7-8H,2-3,5-6H2,1H3,(H,13,14,15,16). The second-order valence-corrected chi connectivity index (χ2v) is 5.02. The summed E-state index contributed by atoms with van der Waals surface area (Å²) in [6.07, 6.45) is 2.43. The normalized spacial score (nSPS) is 15.1. The summed E-state index contributed by atoms with van der Waals surface area (Å²) in [5, 5.41) is 7.10. The lowest BCUT2D eigenvalue weighted by atomic mass is 10.3. The summed E-state index contributed by atoms with van der Waals surface area (Å²) in [6, 6.07) is 2.03. The van der Waals surface area contributed by atoms with Crippen LogP contribution in [0.25, 0.3) is 11.4 Å². The number of aromatic nitrogens is 3. The fourth-order valence-corrected chi connectivity index (χ4v) is 2.69. The van der Waals surface area contributed by atoms with Gasteiger partial charge in [-0.25, -0.2) is 0 Å². The molecular weight excluding hydrogens is 246 g/mol. The molecule has 1 N–H and O–H groups in total. The van der Waals surface area contributed by atoms with Gasteiger partial charge in [0.1, 0.15) is 0 Å². The Labute approximate surface area is 110 Å². The number of rotatable bonds is 3. The van der Waals surface area contributed by atoms with E-state index in [4.69, 9.17) is 0 Å². The van der Waals surface area contributed by atoms with Crippen LogP contribution in [0.5, 0.6) is 0 Å². The molecule has 0 atom stereocenters. The van der Waals surface area contributed by atoms with Crippen LogP contribution in [0.4, 0.5) is 11.9 Å². The highest BCUT2D eigenvalue weighted by Crippen LogP contribution is 2.23. The lowest BCUT2D eigenvalue weighted by Gasteiger charge is -2.16. The quantitative estimate of drug-likeness (QED) is 0.918. The molecule has 3 rings (SSSR count). The summed E-state index contributed by atoms with van der Waals surface area (Å²) < 4.78 is 0. The molecule has 0 radical (unpaired) electrons. The van der Waals surface area contributed by atoms with E-state index in [-0.39, 0.29) is 0 Å². The molecule has 3 heterocycles. The summed E-state index contributed by atoms with van der Waals surface area (Å²) in [5.74, 6) is 2.17. The van der Waals surface area contributed by atoms with E-state index in [0.29, 0.717) is 5.95 Å². The minimum atomic E-state index is 0.633. The molecule has 6 heteroatoms. The minimum absolute atomic E-state index is 0.633. The Hall–Kier alpha value is -1.69. The lowest BCUT2D eigenvalue weighted by molar-refractivity contribution is 0.885. The minimum Gasteiger partial charge on any atom is -0.357 e. The summed E-state index contributed by atoms with van der Waals surface area (Å²) in [6.45, 7) is 2.08. The van der Waals surface area contributed by atoms with Crippen LogP contribution in [-0.4, -0.2) is 35.1 Å². The molecule has 2 aromatic heterocycles. The Morgan fingerprint density at radius 3 is 2.72 bits per heavy atom. The number of hydrogen-bond acceptors (Lipinski definition) is 6. The first-order chi connectivity index (χ1) is 8.86. The predicted octanol–water partition coefficient (Wildman–Crippen LogP) is 2.24. The summed E-state index contributed by atoms with van der Waals surface area (Å²) in [7, 11) is 1.83. The number of thiophene rings is 1. The van der Waals surface area contributed by atoms with Gasteiger partial charge in [0.15, 0.2) is 5.82 Å². The van der Waals surface area contributed by atoms with Gasteiger partial charge in [0.25, 0.3) is 0 Å². The molecule has 1 fully saturated rings. The summed E-state index contributed by atoms with van der Waals surface area (Å²) >= 11 is 1.65. The van der Waals surface area contributed by atoms with Crippen molar-refractivity contribution in [1.82, 2.24) is 15.0 Å². The van der Waals surface area contributed by atoms with E-state index in [9.17, 15) is 0 Å². The Kier molecular flexibility index (Phi) is 3.10. The van der Waals surface area contributed by atoms with Crippen LogP contribution in [0.1, 0.15) is 12.8 Å². The van der Waals surface area contributed by atoms with Crippen LogP contribution in [0.15, 0.2) is 16.8 Å². The van der Waals surface area contributed by atoms with Gasteiger partial charge in [0.05, 0.1) is 0 Å². The van der Waals surface area contributed by atoms with E-state index in [1.807, 2.05) is 18.5 Å². The topological polar surface area (TPSA) is 53.9 Å². The molecule has 0 unspecified atom stereocenters. The fraction of sp³-hybridized carbons (Fsp3) is 0.417. The zero-order valence-corrected chi connectivity index (χ0v) is 11.1. The summed E-state index contributed by atoms with van der Waals surface area (Å²) in [4.78, 5) is 15.6. The molecule has 0 saturated carbocycles. The van der Waals surface area contributed by atoms with Crippen molar-refractivity contribution in [3.05, 3.63) is 16.8 Å². The maximum atomic E-state index is 4.58. The number of nitrogens with zero attached hydrogens (tertiary/aromatic N) is 4. The second kappa shape index (κ2) is 4.89. The third-order valence-corrected chi connectivity index (χ3v) is 3.70. The van der Waals surface area contributed by atoms with Gasteiger partial charge >= 0.3 is 0 Å². The van der Waals surface area contributed by atoms with Crippen molar-refractivity contribution < 1.29 is 0 Å². The number of hydrogen-bond donors (Lipinski definition) is 1. The van der Waals surface area contributed by atoms with E-state index >= 15 is 0 Å². The molecule has 1 saturated heterocycles. The molecule has 0 bridgehead atoms. The van der Waals surface area contributed by atoms with Gasteiger partial charge < -0.3 is 10.2 Å². The molecule has 5 nitrogen and oxygen atoms in total. The molecule has 0 amide bonds. The predicted molar refractivity (Wildman–Crippen MR) is 74.1 cm³/mol. The maximum absolute atomic E-state index is 4.58. The Balaban J connectivity index is 2.01. The largest absolute Gasteiger partial charge is 0.357 e. The van der Waals surface area contributed by atoms with Gasteiger partial charge in [0.2, 0.25) is 11.9 Å². The van der Waals surface area contributed by atoms with E-state index in [1.54, 1.807) is 11.3 Å². The second-order valence-electron chi connectivity index (χ2n) is 4.24. The third kappa shape index (κ3) is 2.15. The average Bonchev–Trinajstić information content (AvgIpc) is 3.10. The summed E-state index contributed by atoms with van der Waals surface area (Å²) in [5.41, 5.74) is 1.05. The third-order valence-electron chi connectivity index (χ3n) is 3.02. The molecule has 0 spiro atoms. The lowest BCUT2D eigenvalue weighted by Crippen LogP contribution is -2.21. The Morgan fingerprint density at radius 2 is 2.06 bits per heavy atom. The van der Waals surface area contributed by atoms with Crippen molar-refractivity contribution in [2.45, 2.75) is 12.8 Å². The molecule has 0 aliphatic carbocycles. The Bertz CT molecular complexity index is 519. The van der Waals surface area contributed by atoms with Crippen LogP contribution in [0, 0.1) is 0 Å². The van der Waals surface area contributed by atoms with Gasteiger partial charge in [0, 0.05) is 31.1 Å². The van der Waals surface area contributed by atoms with Gasteiger partial charge in [-0.2, -0.15) is 26.3 Å². The monoisotopic (exact) mass is 261 g/mol. The fourth-order valence-electron chi connectivity index (χ4n) is 2.06. The first kappa shape index (κ1) is 11.4. The smallest absolute Gasteiger partial charge is 0.230 e. The van der Waals surface area contributed by atoms with Crippen LogP contribution in [-0.2, 0) is 0 Å². The van der Waals surface area contributed by atoms with Crippen molar-refractivity contribution in [2.24, 2.45) is 0 Å². The first-order valence-electron chi connectivity index (χ1n) is 6.08. The van der Waals surface area contributed by atoms with Crippen LogP contribution < -0.4 is 10.2 Å². The highest BCUT2D eigenvalue weighted by atomic mass is 32.1. The van der Waals surface area contributed by atoms with E-state index in [1.165, 1.54) is 12.8 Å². The highest BCUT2D eigenvalue weighted by Gasteiger charge is 2.17. The van der Waals surface area contributed by atoms with Crippen LogP contribution >= 0.6 is 11.3 Å². The molecule has 18 heavy (non-hydrogen) atoms. The van der Waals surface area contributed by atoms with Gasteiger partial charge in [-0.1, -0.05) is 0 Å². The van der Waals surface area contributed by atoms with Gasteiger partial charge in [-0.05, 0) is 24.3 Å². The first-order valence-corrected chi connectivity index (χ1v) is 7.02. The molecule has 2 aromatic rings. The molecular formula is C12H15N5S. The van der Waals surface area contributed by atoms with Gasteiger partial charge in [-0.3, -0.25) is 0 Å². The van der Waals surface area contributed by atoms with E-state index < -0.39 is 0 Å². The average molecular weight is 261 g/mol. The molecule has 0 aromatic carbocycles. The SMILES string of the molecule is CNc1nc(-c2ccsc2)nc(N2CCCC2)n1. The maximum Gasteiger partial charge on any atom is 0.230 e. The van der Waals surface area contributed by atoms with Crippen molar-refractivity contribution >= 4 is 23.2 Å². The molecule has 1 aliphatic rings. The zero-order chi connectivity index (χ0) is 12.4. The van der Waals surface area contributed by atoms with E-state index in [0.717, 1.165) is 30.4 Å². The highest BCUT2D eigenvalue weighted by molar-refractivity contribution is 7.08. The van der Waals surface area contributed by atoms with Crippen LogP contribution in [0.3, 0.4) is 0 Å². The number of anilines is 2. The van der Waals surface area contributed by atoms with Crippen molar-refractivity contribution in [1.29, 1.82) is 0 Å².